The molecule has 0 saturated heterocycles. The number of carbonyl (C=O) groups excluding carboxylic acids is 1. The molecule has 0 fully saturated rings. The molecule has 0 aliphatic carbocycles. The van der Waals surface area contributed by atoms with Crippen molar-refractivity contribution in [1.82, 2.24) is 0 Å². The number of hydrogen-bond acceptors (Lipinski definition) is 2. The monoisotopic (exact) mass is 551 g/mol. The lowest BCUT2D eigenvalue weighted by Crippen LogP contribution is -2.20. The molecule has 0 rings (SSSR count). The van der Waals surface area contributed by atoms with Crippen LogP contribution in [0.4, 0.5) is 0 Å². The third-order valence-electron chi connectivity index (χ3n) is 8.87. The first kappa shape index (κ1) is 38.5. The number of esters is 1. The smallest absolute Gasteiger partial charge is 0.306 e. The molecule has 0 aromatic carbocycles. The SMILES string of the molecule is CCCCCCCCCCC(CCCCCCC(=O)OC(CCCCCCC)CCCCCCC)C(C)(C)C. The van der Waals surface area contributed by atoms with Crippen LogP contribution >= 0.6 is 0 Å². The van der Waals surface area contributed by atoms with Gasteiger partial charge in [0.15, 0.2) is 0 Å². The fourth-order valence-corrected chi connectivity index (χ4v) is 6.01. The van der Waals surface area contributed by atoms with E-state index >= 15 is 0 Å². The van der Waals surface area contributed by atoms with Crippen LogP contribution in [0.25, 0.3) is 0 Å². The molecule has 0 aromatic rings. The predicted molar refractivity (Wildman–Crippen MR) is 175 cm³/mol. The second-order valence-corrected chi connectivity index (χ2v) is 13.8. The average molecular weight is 551 g/mol. The Morgan fingerprint density at radius 2 is 0.821 bits per heavy atom. The van der Waals surface area contributed by atoms with Crippen LogP contribution in [0.15, 0.2) is 0 Å². The van der Waals surface area contributed by atoms with Gasteiger partial charge in [0.2, 0.25) is 0 Å². The van der Waals surface area contributed by atoms with E-state index in [4.69, 9.17) is 4.74 Å². The summed E-state index contributed by atoms with van der Waals surface area (Å²) >= 11 is 0. The molecule has 1 unspecified atom stereocenters. The summed E-state index contributed by atoms with van der Waals surface area (Å²) in [5, 5.41) is 0. The Hall–Kier alpha value is -0.530. The lowest BCUT2D eigenvalue weighted by molar-refractivity contribution is -0.150. The molecule has 0 amide bonds. The van der Waals surface area contributed by atoms with Crippen LogP contribution in [-0.2, 0) is 9.53 Å². The van der Waals surface area contributed by atoms with Gasteiger partial charge in [0.1, 0.15) is 6.10 Å². The molecule has 0 saturated carbocycles. The van der Waals surface area contributed by atoms with Crippen LogP contribution in [-0.4, -0.2) is 12.1 Å². The fraction of sp³-hybridized carbons (Fsp3) is 0.973. The maximum absolute atomic E-state index is 12.6. The Labute approximate surface area is 247 Å². The molecule has 0 aromatic heterocycles. The summed E-state index contributed by atoms with van der Waals surface area (Å²) in [5.41, 5.74) is 0.410. The minimum Gasteiger partial charge on any atom is -0.462 e. The van der Waals surface area contributed by atoms with Crippen molar-refractivity contribution in [2.24, 2.45) is 11.3 Å². The van der Waals surface area contributed by atoms with Crippen LogP contribution in [0.2, 0.25) is 0 Å². The quantitative estimate of drug-likeness (QED) is 0.0683. The Balaban J connectivity index is 4.14. The van der Waals surface area contributed by atoms with Crippen molar-refractivity contribution in [2.75, 3.05) is 0 Å². The molecule has 0 aliphatic heterocycles. The summed E-state index contributed by atoms with van der Waals surface area (Å²) in [7, 11) is 0. The summed E-state index contributed by atoms with van der Waals surface area (Å²) in [6.45, 7) is 14.1. The highest BCUT2D eigenvalue weighted by atomic mass is 16.5. The minimum absolute atomic E-state index is 0.0596. The van der Waals surface area contributed by atoms with Crippen molar-refractivity contribution in [3.63, 3.8) is 0 Å². The Morgan fingerprint density at radius 1 is 0.487 bits per heavy atom. The standard InChI is InChI=1S/C37H74O2/c1-7-10-13-16-17-18-21-24-29-34(37(4,5)6)30-25-22-23-28-33-36(38)39-35(31-26-19-14-11-8-2)32-27-20-15-12-9-3/h34-35H,7-33H2,1-6H3. The van der Waals surface area contributed by atoms with E-state index in [1.54, 1.807) is 0 Å². The molecule has 234 valence electrons. The van der Waals surface area contributed by atoms with Crippen molar-refractivity contribution in [3.8, 4) is 0 Å². The normalized spacial score (nSPS) is 12.8. The Morgan fingerprint density at radius 3 is 1.21 bits per heavy atom. The lowest BCUT2D eigenvalue weighted by Gasteiger charge is -2.31. The van der Waals surface area contributed by atoms with Gasteiger partial charge in [-0.3, -0.25) is 4.79 Å². The maximum Gasteiger partial charge on any atom is 0.306 e. The second kappa shape index (κ2) is 27.6. The molecule has 0 bridgehead atoms. The van der Waals surface area contributed by atoms with Crippen molar-refractivity contribution in [1.29, 1.82) is 0 Å². The van der Waals surface area contributed by atoms with E-state index in [0.29, 0.717) is 11.8 Å². The second-order valence-electron chi connectivity index (χ2n) is 13.8. The first-order valence-corrected chi connectivity index (χ1v) is 18.0. The first-order valence-electron chi connectivity index (χ1n) is 18.0. The van der Waals surface area contributed by atoms with Gasteiger partial charge in [-0.05, 0) is 56.3 Å². The summed E-state index contributed by atoms with van der Waals surface area (Å²) in [6, 6.07) is 0. The predicted octanol–water partition coefficient (Wildman–Crippen LogP) is 13.2. The number of unbranched alkanes of at least 4 members (excludes halogenated alkanes) is 18. The van der Waals surface area contributed by atoms with E-state index in [-0.39, 0.29) is 12.1 Å². The zero-order valence-electron chi connectivity index (χ0n) is 28.1. The zero-order chi connectivity index (χ0) is 29.0. The molecule has 0 aliphatic rings. The summed E-state index contributed by atoms with van der Waals surface area (Å²) < 4.78 is 6.01. The highest BCUT2D eigenvalue weighted by Gasteiger charge is 2.23. The van der Waals surface area contributed by atoms with Gasteiger partial charge in [-0.1, -0.05) is 164 Å². The van der Waals surface area contributed by atoms with Crippen LogP contribution < -0.4 is 0 Å². The van der Waals surface area contributed by atoms with Crippen molar-refractivity contribution in [2.45, 2.75) is 221 Å². The van der Waals surface area contributed by atoms with E-state index in [0.717, 1.165) is 25.2 Å². The average Bonchev–Trinajstić information content (AvgIpc) is 2.89. The van der Waals surface area contributed by atoms with Gasteiger partial charge in [-0.2, -0.15) is 0 Å². The van der Waals surface area contributed by atoms with Crippen LogP contribution in [0, 0.1) is 11.3 Å². The number of rotatable bonds is 29. The van der Waals surface area contributed by atoms with Crippen LogP contribution in [0.1, 0.15) is 215 Å². The fourth-order valence-electron chi connectivity index (χ4n) is 6.01. The third kappa shape index (κ3) is 26.1. The van der Waals surface area contributed by atoms with E-state index < -0.39 is 0 Å². The van der Waals surface area contributed by atoms with E-state index in [2.05, 4.69) is 41.5 Å². The highest BCUT2D eigenvalue weighted by molar-refractivity contribution is 5.69. The number of ether oxygens (including phenoxy) is 1. The highest BCUT2D eigenvalue weighted by Crippen LogP contribution is 2.34. The largest absolute Gasteiger partial charge is 0.462 e. The molecule has 0 heterocycles. The molecule has 0 N–H and O–H groups in total. The topological polar surface area (TPSA) is 26.3 Å². The summed E-state index contributed by atoms with van der Waals surface area (Å²) in [4.78, 5) is 12.6. The van der Waals surface area contributed by atoms with Crippen molar-refractivity contribution >= 4 is 5.97 Å². The van der Waals surface area contributed by atoms with Gasteiger partial charge in [-0.15, -0.1) is 0 Å². The van der Waals surface area contributed by atoms with Crippen molar-refractivity contribution in [3.05, 3.63) is 0 Å². The minimum atomic E-state index is 0.0596. The van der Waals surface area contributed by atoms with Gasteiger partial charge in [0.05, 0.1) is 0 Å². The molecule has 39 heavy (non-hydrogen) atoms. The summed E-state index contributed by atoms with van der Waals surface area (Å²) in [6.07, 6.45) is 34.5. The van der Waals surface area contributed by atoms with Gasteiger partial charge in [0, 0.05) is 6.42 Å². The van der Waals surface area contributed by atoms with Gasteiger partial charge < -0.3 is 4.74 Å². The van der Waals surface area contributed by atoms with Crippen LogP contribution in [0.5, 0.6) is 0 Å². The Kier molecular flexibility index (Phi) is 27.3. The molecule has 0 radical (unpaired) electrons. The Bertz CT molecular complexity index is 492. The van der Waals surface area contributed by atoms with Gasteiger partial charge in [0.25, 0.3) is 0 Å². The zero-order valence-corrected chi connectivity index (χ0v) is 28.1. The van der Waals surface area contributed by atoms with Gasteiger partial charge in [-0.25, -0.2) is 0 Å². The van der Waals surface area contributed by atoms with Crippen molar-refractivity contribution < 1.29 is 9.53 Å². The number of carbonyl (C=O) groups is 1. The van der Waals surface area contributed by atoms with E-state index in [9.17, 15) is 4.79 Å². The molecule has 2 nitrogen and oxygen atoms in total. The third-order valence-corrected chi connectivity index (χ3v) is 8.87. The lowest BCUT2D eigenvalue weighted by atomic mass is 9.75. The molecule has 0 spiro atoms. The van der Waals surface area contributed by atoms with Gasteiger partial charge >= 0.3 is 5.97 Å². The molecule has 2 heteroatoms. The number of hydrogen-bond donors (Lipinski definition) is 0. The van der Waals surface area contributed by atoms with E-state index in [1.807, 2.05) is 0 Å². The maximum atomic E-state index is 12.6. The van der Waals surface area contributed by atoms with E-state index in [1.165, 1.54) is 148 Å². The molecular weight excluding hydrogens is 476 g/mol. The first-order chi connectivity index (χ1) is 18.8. The summed E-state index contributed by atoms with van der Waals surface area (Å²) in [5.74, 6) is 0.891. The molecule has 1 atom stereocenters. The molecular formula is C37H74O2. The van der Waals surface area contributed by atoms with Crippen LogP contribution in [0.3, 0.4) is 0 Å².